The molecule has 32 heavy (non-hydrogen) atoms. The highest BCUT2D eigenvalue weighted by Crippen LogP contribution is 2.38. The summed E-state index contributed by atoms with van der Waals surface area (Å²) in [6.45, 7) is 19.3. The van der Waals surface area contributed by atoms with Gasteiger partial charge in [-0.25, -0.2) is 4.79 Å². The maximum atomic E-state index is 13.1. The minimum atomic E-state index is -1.92. The second kappa shape index (κ2) is 9.19. The lowest BCUT2D eigenvalue weighted by molar-refractivity contribution is 0.0180. The van der Waals surface area contributed by atoms with E-state index in [1.54, 1.807) is 0 Å². The van der Waals surface area contributed by atoms with Crippen LogP contribution in [0.5, 0.6) is 0 Å². The number of carbonyl (C=O) groups excluding carboxylic acids is 1. The van der Waals surface area contributed by atoms with E-state index in [-0.39, 0.29) is 23.2 Å². The van der Waals surface area contributed by atoms with E-state index in [2.05, 4.69) is 50.9 Å². The van der Waals surface area contributed by atoms with Gasteiger partial charge in [-0.2, -0.15) is 0 Å². The van der Waals surface area contributed by atoms with Gasteiger partial charge < -0.3 is 19.0 Å². The zero-order valence-electron chi connectivity index (χ0n) is 21.1. The molecule has 7 heteroatoms. The summed E-state index contributed by atoms with van der Waals surface area (Å²) in [5.74, 6) is 0. The Hall–Kier alpha value is -1.24. The maximum Gasteiger partial charge on any atom is 0.410 e. The third kappa shape index (κ3) is 5.81. The maximum absolute atomic E-state index is 13.1. The molecule has 1 aromatic rings. The van der Waals surface area contributed by atoms with Crippen LogP contribution in [0.15, 0.2) is 18.2 Å². The van der Waals surface area contributed by atoms with Gasteiger partial charge in [-0.1, -0.05) is 32.4 Å². The molecule has 3 rings (SSSR count). The normalized spacial score (nSPS) is 22.2. The number of rotatable bonds is 4. The van der Waals surface area contributed by atoms with Crippen LogP contribution in [0.25, 0.3) is 0 Å². The van der Waals surface area contributed by atoms with Crippen molar-refractivity contribution < 1.29 is 14.0 Å². The highest BCUT2D eigenvalue weighted by Gasteiger charge is 2.43. The summed E-state index contributed by atoms with van der Waals surface area (Å²) in [6, 6.07) is 6.45. The first kappa shape index (κ1) is 25.4. The zero-order chi connectivity index (χ0) is 23.9. The number of amides is 1. The minimum Gasteiger partial charge on any atom is -0.444 e. The Morgan fingerprint density at radius 1 is 1.19 bits per heavy atom. The largest absolute Gasteiger partial charge is 0.444 e. The summed E-state index contributed by atoms with van der Waals surface area (Å²) in [7, 11) is -1.92. The van der Waals surface area contributed by atoms with Gasteiger partial charge in [-0.05, 0) is 81.9 Å². The average molecular weight is 481 g/mol. The summed E-state index contributed by atoms with van der Waals surface area (Å²) in [6.07, 6.45) is 2.79. The van der Waals surface area contributed by atoms with Crippen LogP contribution in [0.2, 0.25) is 23.2 Å². The molecule has 1 fully saturated rings. The van der Waals surface area contributed by atoms with Gasteiger partial charge in [-0.3, -0.25) is 0 Å². The van der Waals surface area contributed by atoms with Crippen LogP contribution < -0.4 is 4.90 Å². The third-order valence-corrected chi connectivity index (χ3v) is 11.8. The fourth-order valence-corrected chi connectivity index (χ4v) is 5.55. The van der Waals surface area contributed by atoms with Crippen molar-refractivity contribution in [3.8, 4) is 0 Å². The van der Waals surface area contributed by atoms with Crippen LogP contribution >= 0.6 is 11.6 Å². The number of nitrogens with zero attached hydrogens (tertiary/aromatic N) is 2. The number of carbonyl (C=O) groups is 1. The number of likely N-dealkylation sites (tertiary alicyclic amines) is 1. The van der Waals surface area contributed by atoms with E-state index in [1.807, 2.05) is 31.7 Å². The number of ether oxygens (including phenoxy) is 1. The lowest BCUT2D eigenvalue weighted by Gasteiger charge is -2.38. The van der Waals surface area contributed by atoms with Crippen LogP contribution in [0.1, 0.15) is 59.9 Å². The van der Waals surface area contributed by atoms with Crippen LogP contribution in [-0.4, -0.2) is 56.7 Å². The second-order valence-corrected chi connectivity index (χ2v) is 17.1. The van der Waals surface area contributed by atoms with Crippen molar-refractivity contribution in [1.82, 2.24) is 4.90 Å². The fourth-order valence-electron chi connectivity index (χ4n) is 4.32. The van der Waals surface area contributed by atoms with Gasteiger partial charge in [0.15, 0.2) is 8.32 Å². The molecule has 0 aromatic heterocycles. The molecule has 1 saturated heterocycles. The van der Waals surface area contributed by atoms with E-state index in [0.29, 0.717) is 13.2 Å². The smallest absolute Gasteiger partial charge is 0.410 e. The second-order valence-electron chi connectivity index (χ2n) is 11.8. The van der Waals surface area contributed by atoms with Gasteiger partial charge in [0.05, 0.1) is 12.6 Å². The molecular formula is C25H41ClN2O3Si. The Labute approximate surface area is 200 Å². The molecule has 0 N–H and O–H groups in total. The summed E-state index contributed by atoms with van der Waals surface area (Å²) < 4.78 is 12.3. The number of hydrogen-bond acceptors (Lipinski definition) is 4. The number of benzene rings is 1. The van der Waals surface area contributed by atoms with Gasteiger partial charge in [0, 0.05) is 29.8 Å². The van der Waals surface area contributed by atoms with E-state index in [0.717, 1.165) is 30.8 Å². The highest BCUT2D eigenvalue weighted by atomic mass is 35.5. The fraction of sp³-hybridized carbons (Fsp3) is 0.720. The van der Waals surface area contributed by atoms with Crippen LogP contribution in [0, 0.1) is 0 Å². The number of halogens is 1. The highest BCUT2D eigenvalue weighted by molar-refractivity contribution is 6.74. The van der Waals surface area contributed by atoms with Gasteiger partial charge >= 0.3 is 6.09 Å². The van der Waals surface area contributed by atoms with Gasteiger partial charge in [0.2, 0.25) is 0 Å². The SMILES string of the molecule is CC(C)(C)OC(=O)N1CC(N2CCCc3cc(Cl)ccc32)C[C@@H]1CO[Si](C)(C)C(C)(C)C. The summed E-state index contributed by atoms with van der Waals surface area (Å²) in [5.41, 5.74) is 2.03. The van der Waals surface area contributed by atoms with Crippen molar-refractivity contribution in [3.05, 3.63) is 28.8 Å². The Morgan fingerprint density at radius 2 is 1.88 bits per heavy atom. The van der Waals surface area contributed by atoms with E-state index in [1.165, 1.54) is 11.3 Å². The van der Waals surface area contributed by atoms with Crippen molar-refractivity contribution in [2.45, 2.75) is 96.6 Å². The molecule has 180 valence electrons. The summed E-state index contributed by atoms with van der Waals surface area (Å²) in [4.78, 5) is 17.5. The molecule has 0 bridgehead atoms. The molecule has 1 amide bonds. The number of aryl methyl sites for hydroxylation is 1. The molecular weight excluding hydrogens is 440 g/mol. The predicted octanol–water partition coefficient (Wildman–Crippen LogP) is 6.49. The molecule has 0 aliphatic carbocycles. The Bertz CT molecular complexity index is 831. The molecule has 0 saturated carbocycles. The number of hydrogen-bond donors (Lipinski definition) is 0. The van der Waals surface area contributed by atoms with Crippen LogP contribution in [0.4, 0.5) is 10.5 Å². The molecule has 2 aliphatic heterocycles. The predicted molar refractivity (Wildman–Crippen MR) is 135 cm³/mol. The Morgan fingerprint density at radius 3 is 2.50 bits per heavy atom. The van der Waals surface area contributed by atoms with Crippen molar-refractivity contribution in [3.63, 3.8) is 0 Å². The monoisotopic (exact) mass is 480 g/mol. The lowest BCUT2D eigenvalue weighted by atomic mass is 9.99. The summed E-state index contributed by atoms with van der Waals surface area (Å²) in [5, 5.41) is 0.917. The molecule has 2 heterocycles. The first-order valence-electron chi connectivity index (χ1n) is 11.9. The minimum absolute atomic E-state index is 0.0154. The quantitative estimate of drug-likeness (QED) is 0.461. The first-order valence-corrected chi connectivity index (χ1v) is 15.2. The van der Waals surface area contributed by atoms with E-state index in [4.69, 9.17) is 20.8 Å². The molecule has 2 aliphatic rings. The van der Waals surface area contributed by atoms with Crippen LogP contribution in [0.3, 0.4) is 0 Å². The van der Waals surface area contributed by atoms with Gasteiger partial charge in [0.25, 0.3) is 0 Å². The molecule has 1 aromatic carbocycles. The van der Waals surface area contributed by atoms with Crippen molar-refractivity contribution >= 4 is 31.7 Å². The average Bonchev–Trinajstić information content (AvgIpc) is 3.08. The van der Waals surface area contributed by atoms with Gasteiger partial charge in [-0.15, -0.1) is 0 Å². The molecule has 2 atom stereocenters. The van der Waals surface area contributed by atoms with Gasteiger partial charge in [0.1, 0.15) is 5.60 Å². The van der Waals surface area contributed by atoms with E-state index < -0.39 is 13.9 Å². The van der Waals surface area contributed by atoms with Crippen molar-refractivity contribution in [1.29, 1.82) is 0 Å². The van der Waals surface area contributed by atoms with Crippen molar-refractivity contribution in [2.24, 2.45) is 0 Å². The molecule has 0 spiro atoms. The first-order chi connectivity index (χ1) is 14.7. The third-order valence-electron chi connectivity index (χ3n) is 7.10. The lowest BCUT2D eigenvalue weighted by Crippen LogP contribution is -2.47. The Balaban J connectivity index is 1.81. The molecule has 1 unspecified atom stereocenters. The van der Waals surface area contributed by atoms with Crippen LogP contribution in [-0.2, 0) is 15.6 Å². The van der Waals surface area contributed by atoms with E-state index >= 15 is 0 Å². The van der Waals surface area contributed by atoms with Crippen molar-refractivity contribution in [2.75, 3.05) is 24.6 Å². The molecule has 5 nitrogen and oxygen atoms in total. The standard InChI is InChI=1S/C25H41ClN2O3Si/c1-24(2,3)31-23(29)28-16-20(15-21(28)17-30-32(7,8)25(4,5)6)27-13-9-10-18-14-19(26)11-12-22(18)27/h11-12,14,20-21H,9-10,13,15-17H2,1-8H3/t20?,21-/m1/s1. The topological polar surface area (TPSA) is 42.0 Å². The molecule has 0 radical (unpaired) electrons. The zero-order valence-corrected chi connectivity index (χ0v) is 22.9. The van der Waals surface area contributed by atoms with E-state index in [9.17, 15) is 4.79 Å². The number of anilines is 1. The Kier molecular flexibility index (Phi) is 7.29. The number of fused-ring (bicyclic) bond motifs is 1. The summed E-state index contributed by atoms with van der Waals surface area (Å²) >= 11 is 6.25.